The molecule has 2 spiro atoms. The molecule has 12 heterocycles. The SMILES string of the molecule is CC(=O)N1CCC(c2cc(Cl)cc3[nH]ncc23)CC1(C)C.CC(C)Cn1c[n+](-c2cc(Cl)cc3[nH]ncc23)cn1.CS(=O)(=O)N1CCOC2(CCN(c3cc(Cl)cc4[nH]ncc34)CC2)C1.Clc1cc(-[n+]2cnn(-c3ccccc3)c2)c2cn[nH]c2c1.O=C1NCNC12CCN(c1cc(Cl)cc3[nH]ncc13)CC2. The fraction of sp³-hybridized carbons (Fsp3) is 0.365. The van der Waals surface area contributed by atoms with Crippen molar-refractivity contribution in [1.82, 2.24) is 90.4 Å². The number of aromatic nitrogens is 16. The second-order valence-corrected chi connectivity index (χ2v) is 32.9. The van der Waals surface area contributed by atoms with E-state index >= 15 is 0 Å². The lowest BCUT2D eigenvalue weighted by Crippen LogP contribution is -2.57. The summed E-state index contributed by atoms with van der Waals surface area (Å²) >= 11 is 31.0. The molecule has 1 atom stereocenters. The Morgan fingerprint density at radius 1 is 0.617 bits per heavy atom. The number of carbonyl (C=O) groups is 2. The van der Waals surface area contributed by atoms with Crippen LogP contribution in [0.25, 0.3) is 71.6 Å². The molecule has 558 valence electrons. The van der Waals surface area contributed by atoms with Gasteiger partial charge in [0, 0.05) is 121 Å². The van der Waals surface area contributed by atoms with Crippen molar-refractivity contribution < 1.29 is 31.9 Å². The lowest BCUT2D eigenvalue weighted by atomic mass is 9.78. The molecule has 27 nitrogen and oxygen atoms in total. The molecule has 0 radical (unpaired) electrons. The number of hydrogen-bond donors (Lipinski definition) is 7. The summed E-state index contributed by atoms with van der Waals surface area (Å²) in [6, 6.07) is 29.1. The molecule has 13 aromatic rings. The molecule has 1 unspecified atom stereocenters. The van der Waals surface area contributed by atoms with Crippen LogP contribution in [0.4, 0.5) is 11.4 Å². The number of sulfonamides is 1. The van der Waals surface area contributed by atoms with Crippen molar-refractivity contribution in [2.24, 2.45) is 5.92 Å². The van der Waals surface area contributed by atoms with Crippen molar-refractivity contribution in [3.8, 4) is 17.1 Å². The van der Waals surface area contributed by atoms with Crippen LogP contribution in [0.5, 0.6) is 0 Å². The van der Waals surface area contributed by atoms with Gasteiger partial charge in [0.2, 0.25) is 34.5 Å². The number of anilines is 2. The lowest BCUT2D eigenvalue weighted by molar-refractivity contribution is -0.595. The van der Waals surface area contributed by atoms with Crippen LogP contribution in [0, 0.1) is 5.92 Å². The van der Waals surface area contributed by atoms with Gasteiger partial charge in [-0.05, 0) is 143 Å². The largest absolute Gasteiger partial charge is 0.372 e. The topological polar surface area (TPSA) is 301 Å². The fourth-order valence-electron chi connectivity index (χ4n) is 15.2. The predicted molar refractivity (Wildman–Crippen MR) is 417 cm³/mol. The molecule has 7 N–H and O–H groups in total. The molecule has 18 rings (SSSR count). The minimum atomic E-state index is -3.18. The third kappa shape index (κ3) is 16.5. The number of nitrogens with zero attached hydrogens (tertiary/aromatic N) is 15. The van der Waals surface area contributed by atoms with Gasteiger partial charge in [0.1, 0.15) is 29.1 Å². The van der Waals surface area contributed by atoms with E-state index < -0.39 is 10.0 Å². The highest BCUT2D eigenvalue weighted by molar-refractivity contribution is 7.88. The maximum Gasteiger partial charge on any atom is 0.270 e. The number of piperidine rings is 3. The molecule has 5 fully saturated rings. The Morgan fingerprint density at radius 2 is 1.10 bits per heavy atom. The molecule has 5 saturated heterocycles. The maximum atomic E-state index is 12.0. The van der Waals surface area contributed by atoms with Gasteiger partial charge in [-0.1, -0.05) is 94.7 Å². The number of para-hydroxylation sites is 1. The van der Waals surface area contributed by atoms with Crippen LogP contribution in [0.3, 0.4) is 0 Å². The number of halogens is 5. The quantitative estimate of drug-likeness (QED) is 0.0661. The van der Waals surface area contributed by atoms with Gasteiger partial charge >= 0.3 is 0 Å². The van der Waals surface area contributed by atoms with Gasteiger partial charge < -0.3 is 24.8 Å². The van der Waals surface area contributed by atoms with Crippen molar-refractivity contribution in [3.05, 3.63) is 178 Å². The van der Waals surface area contributed by atoms with E-state index in [2.05, 4.69) is 109 Å². The summed E-state index contributed by atoms with van der Waals surface area (Å²) in [6.07, 6.45) is 22.8. The summed E-state index contributed by atoms with van der Waals surface area (Å²) < 4.78 is 39.0. The first-order valence-electron chi connectivity index (χ1n) is 35.4. The molecule has 33 heteroatoms. The Labute approximate surface area is 642 Å². The molecule has 0 saturated carbocycles. The number of fused-ring (bicyclic) bond motifs is 5. The Bertz CT molecular complexity index is 5460. The smallest absolute Gasteiger partial charge is 0.270 e. The molecule has 5 aliphatic rings. The van der Waals surface area contributed by atoms with Crippen LogP contribution in [0.2, 0.25) is 25.1 Å². The van der Waals surface area contributed by atoms with Crippen molar-refractivity contribution >= 4 is 146 Å². The number of H-pyrrole nitrogens is 5. The highest BCUT2D eigenvalue weighted by atomic mass is 35.5. The van der Waals surface area contributed by atoms with E-state index in [1.807, 2.05) is 146 Å². The van der Waals surface area contributed by atoms with Crippen LogP contribution in [0.1, 0.15) is 84.6 Å². The van der Waals surface area contributed by atoms with E-state index in [9.17, 15) is 18.0 Å². The van der Waals surface area contributed by atoms with Gasteiger partial charge in [-0.25, -0.2) is 17.6 Å². The number of aromatic amines is 5. The number of hydrogen-bond acceptors (Lipinski definition) is 15. The van der Waals surface area contributed by atoms with Crippen molar-refractivity contribution in [2.75, 3.05) is 75.1 Å². The van der Waals surface area contributed by atoms with Crippen LogP contribution in [-0.4, -0.2) is 182 Å². The van der Waals surface area contributed by atoms with Crippen LogP contribution >= 0.6 is 58.0 Å². The van der Waals surface area contributed by atoms with Crippen molar-refractivity contribution in [1.29, 1.82) is 0 Å². The van der Waals surface area contributed by atoms with Gasteiger partial charge in [-0.3, -0.25) is 40.4 Å². The van der Waals surface area contributed by atoms with Crippen LogP contribution in [0.15, 0.2) is 147 Å². The van der Waals surface area contributed by atoms with Crippen LogP contribution in [-0.2, 0) is 30.9 Å². The molecule has 107 heavy (non-hydrogen) atoms. The van der Waals surface area contributed by atoms with E-state index in [0.29, 0.717) is 58.3 Å². The van der Waals surface area contributed by atoms with E-state index in [4.69, 9.17) is 62.7 Å². The van der Waals surface area contributed by atoms with Gasteiger partial charge in [-0.2, -0.15) is 29.8 Å². The molecule has 2 amide bonds. The van der Waals surface area contributed by atoms with Gasteiger partial charge in [0.15, 0.2) is 0 Å². The minimum absolute atomic E-state index is 0.127. The lowest BCUT2D eigenvalue weighted by Gasteiger charge is -2.47. The van der Waals surface area contributed by atoms with E-state index in [-0.39, 0.29) is 28.5 Å². The van der Waals surface area contributed by atoms with Crippen molar-refractivity contribution in [3.63, 3.8) is 0 Å². The average Bonchev–Trinajstić information content (AvgIpc) is 1.73. The Balaban J connectivity index is 0.000000112. The molecule has 7 aromatic heterocycles. The van der Waals surface area contributed by atoms with E-state index in [1.165, 1.54) is 11.8 Å². The Hall–Kier alpha value is -9.23. The highest BCUT2D eigenvalue weighted by Gasteiger charge is 2.45. The summed E-state index contributed by atoms with van der Waals surface area (Å²) in [7, 11) is -3.18. The van der Waals surface area contributed by atoms with Gasteiger partial charge in [0.05, 0.1) is 94.5 Å². The number of rotatable bonds is 9. The van der Waals surface area contributed by atoms with E-state index in [1.54, 1.807) is 36.3 Å². The van der Waals surface area contributed by atoms with E-state index in [0.717, 1.165) is 166 Å². The number of amides is 2. The summed E-state index contributed by atoms with van der Waals surface area (Å²) in [4.78, 5) is 30.3. The van der Waals surface area contributed by atoms with Crippen molar-refractivity contribution in [2.45, 2.75) is 102 Å². The third-order valence-electron chi connectivity index (χ3n) is 20.6. The molecule has 0 aliphatic carbocycles. The number of nitrogens with one attached hydrogen (secondary N) is 7. The zero-order valence-electron chi connectivity index (χ0n) is 59.9. The first kappa shape index (κ1) is 74.6. The second-order valence-electron chi connectivity index (χ2n) is 28.8. The average molecular weight is 1570 g/mol. The first-order chi connectivity index (χ1) is 51.4. The predicted octanol–water partition coefficient (Wildman–Crippen LogP) is 11.8. The third-order valence-corrected chi connectivity index (χ3v) is 22.9. The summed E-state index contributed by atoms with van der Waals surface area (Å²) in [5.74, 6) is 1.23. The van der Waals surface area contributed by atoms with Gasteiger partial charge in [0.25, 0.3) is 12.7 Å². The molecule has 5 aliphatic heterocycles. The number of morpholine rings is 1. The number of benzene rings is 6. The number of likely N-dealkylation sites (tertiary alicyclic amines) is 1. The number of ether oxygens (including phenoxy) is 1. The Morgan fingerprint density at radius 3 is 1.62 bits per heavy atom. The zero-order valence-corrected chi connectivity index (χ0v) is 64.5. The molecule has 6 aromatic carbocycles. The van der Waals surface area contributed by atoms with Gasteiger partial charge in [-0.15, -0.1) is 4.68 Å². The summed E-state index contributed by atoms with van der Waals surface area (Å²) in [5.41, 5.74) is 10.1. The number of carbonyl (C=O) groups excluding carboxylic acids is 2. The highest BCUT2D eigenvalue weighted by Crippen LogP contribution is 2.42. The Kier molecular flexibility index (Phi) is 21.7. The monoisotopic (exact) mass is 1570 g/mol. The minimum Gasteiger partial charge on any atom is -0.372 e. The van der Waals surface area contributed by atoms with Crippen LogP contribution < -0.4 is 29.6 Å². The fourth-order valence-corrected chi connectivity index (χ4v) is 17.2. The second kappa shape index (κ2) is 31.2. The normalized spacial score (nSPS) is 17.8. The summed E-state index contributed by atoms with van der Waals surface area (Å²) in [6.45, 7) is 17.1. The zero-order chi connectivity index (χ0) is 74.9. The molecule has 0 bridgehead atoms. The first-order valence-corrected chi connectivity index (χ1v) is 39.1. The maximum absolute atomic E-state index is 12.0. The standard InChI is InChI=1S/C16H21ClN4O3S.C16H20ClN3O.C15H11ClN5.C14H16ClN5O.C13H15ClN5/c1-25(22,23)21-6-7-24-16(11-21)2-4-20(5-3-16)15-9-12(17)8-14-13(15)10-18-19-14;1-10(21)20-5-4-11(8-16(20,2)3)13-6-12(17)7-15-14(13)9-18-19-15;16-11-6-14-13(8-17-19-14)15(7-11)20-9-18-21(10-20)12-4-2-1-3-5-12;15-9-5-11-10(7-18-19-11)12(6-9)20-3-1-14(2-4-20)13(21)16-8-17-14;1-9(2)6-19-8-18(7-16-19)13-4-10(14)3-12-11(13)5-15-17-12/h8-10H,2-7,11H2,1H3,(H,18,19);6-7,9,11H,4-5,8H2,1-3H3,(H,18,19);1-10H,(H,17,19);5-7,17H,1-4,8H2,(H,16,21)(H,18,19);3-5,7-9H,6H2,1-2H3,(H,15,17)/q;;+1;;+1. The molecular formula is C74H83Cl5N22O5S+2. The summed E-state index contributed by atoms with van der Waals surface area (Å²) in [5, 5.41) is 58.9. The molecular weight excluding hydrogens is 1490 g/mol.